The molecule has 0 unspecified atom stereocenters. The number of anilines is 1. The largest absolute Gasteiger partial charge is 0.484 e. The van der Waals surface area contributed by atoms with Gasteiger partial charge in [-0.05, 0) is 38.1 Å². The minimum atomic E-state index is -0.255. The zero-order chi connectivity index (χ0) is 17.5. The number of carbonyl (C=O) groups is 2. The van der Waals surface area contributed by atoms with Gasteiger partial charge in [0.25, 0.3) is 5.91 Å². The van der Waals surface area contributed by atoms with Gasteiger partial charge in [-0.1, -0.05) is 35.4 Å². The maximum Gasteiger partial charge on any atom is 0.260 e. The Bertz CT molecular complexity index is 694. The van der Waals surface area contributed by atoms with Crippen LogP contribution < -0.4 is 10.1 Å². The molecular formula is C19H22N2O3. The van der Waals surface area contributed by atoms with Crippen molar-refractivity contribution in [3.8, 4) is 5.75 Å². The van der Waals surface area contributed by atoms with Gasteiger partial charge in [-0.15, -0.1) is 0 Å². The average Bonchev–Trinajstić information content (AvgIpc) is 2.56. The van der Waals surface area contributed by atoms with E-state index in [0.29, 0.717) is 11.4 Å². The van der Waals surface area contributed by atoms with Gasteiger partial charge in [0.15, 0.2) is 6.61 Å². The summed E-state index contributed by atoms with van der Waals surface area (Å²) in [6, 6.07) is 14.9. The van der Waals surface area contributed by atoms with Crippen molar-refractivity contribution in [1.29, 1.82) is 0 Å². The van der Waals surface area contributed by atoms with E-state index < -0.39 is 0 Å². The van der Waals surface area contributed by atoms with Gasteiger partial charge in [0.05, 0.1) is 6.54 Å². The van der Waals surface area contributed by atoms with Crippen LogP contribution in [0.25, 0.3) is 0 Å². The summed E-state index contributed by atoms with van der Waals surface area (Å²) in [5.41, 5.74) is 2.95. The maximum absolute atomic E-state index is 12.0. The Morgan fingerprint density at radius 1 is 0.958 bits per heavy atom. The molecule has 0 heterocycles. The van der Waals surface area contributed by atoms with E-state index in [2.05, 4.69) is 5.32 Å². The molecule has 24 heavy (non-hydrogen) atoms. The Kier molecular flexibility index (Phi) is 5.95. The van der Waals surface area contributed by atoms with E-state index in [4.69, 9.17) is 4.74 Å². The van der Waals surface area contributed by atoms with Crippen molar-refractivity contribution in [2.75, 3.05) is 25.5 Å². The topological polar surface area (TPSA) is 58.6 Å². The molecule has 2 rings (SSSR count). The van der Waals surface area contributed by atoms with Crippen LogP contribution >= 0.6 is 0 Å². The van der Waals surface area contributed by atoms with Gasteiger partial charge in [0, 0.05) is 12.7 Å². The molecule has 1 N–H and O–H groups in total. The lowest BCUT2D eigenvalue weighted by atomic mass is 10.2. The van der Waals surface area contributed by atoms with E-state index in [1.807, 2.05) is 62.4 Å². The Morgan fingerprint density at radius 2 is 1.50 bits per heavy atom. The lowest BCUT2D eigenvalue weighted by molar-refractivity contribution is -0.135. The number of amides is 2. The van der Waals surface area contributed by atoms with Crippen molar-refractivity contribution in [2.45, 2.75) is 13.8 Å². The summed E-state index contributed by atoms with van der Waals surface area (Å²) >= 11 is 0. The van der Waals surface area contributed by atoms with Gasteiger partial charge in [-0.3, -0.25) is 9.59 Å². The van der Waals surface area contributed by atoms with Crippen molar-refractivity contribution in [1.82, 2.24) is 4.90 Å². The minimum absolute atomic E-state index is 0.0238. The molecule has 0 saturated carbocycles. The number of likely N-dealkylation sites (N-methyl/N-ethyl adjacent to an activating group) is 1. The van der Waals surface area contributed by atoms with E-state index in [9.17, 15) is 9.59 Å². The van der Waals surface area contributed by atoms with Gasteiger partial charge in [-0.2, -0.15) is 0 Å². The van der Waals surface area contributed by atoms with E-state index in [1.165, 1.54) is 4.90 Å². The third-order valence-corrected chi connectivity index (χ3v) is 3.53. The summed E-state index contributed by atoms with van der Waals surface area (Å²) in [5.74, 6) is 0.131. The zero-order valence-corrected chi connectivity index (χ0v) is 14.2. The van der Waals surface area contributed by atoms with Gasteiger partial charge in [0.2, 0.25) is 5.91 Å². The normalized spacial score (nSPS) is 10.1. The second-order valence-electron chi connectivity index (χ2n) is 5.77. The first-order chi connectivity index (χ1) is 11.4. The molecule has 0 aliphatic carbocycles. The monoisotopic (exact) mass is 326 g/mol. The zero-order valence-electron chi connectivity index (χ0n) is 14.2. The molecule has 2 aromatic carbocycles. The summed E-state index contributed by atoms with van der Waals surface area (Å²) in [7, 11) is 1.58. The summed E-state index contributed by atoms with van der Waals surface area (Å²) in [6.45, 7) is 3.84. The minimum Gasteiger partial charge on any atom is -0.484 e. The van der Waals surface area contributed by atoms with Gasteiger partial charge < -0.3 is 15.0 Å². The fraction of sp³-hybridized carbons (Fsp3) is 0.263. The highest BCUT2D eigenvalue weighted by atomic mass is 16.5. The smallest absolute Gasteiger partial charge is 0.260 e. The summed E-state index contributed by atoms with van der Waals surface area (Å²) < 4.78 is 5.43. The molecule has 126 valence electrons. The molecule has 0 aliphatic heterocycles. The first kappa shape index (κ1) is 17.5. The highest BCUT2D eigenvalue weighted by Gasteiger charge is 2.13. The number of rotatable bonds is 6. The number of hydrogen-bond donors (Lipinski definition) is 1. The molecule has 0 aromatic heterocycles. The number of aryl methyl sites for hydroxylation is 2. The van der Waals surface area contributed by atoms with Crippen LogP contribution in [0.15, 0.2) is 48.5 Å². The van der Waals surface area contributed by atoms with E-state index in [1.54, 1.807) is 7.05 Å². The Morgan fingerprint density at radius 3 is 2.08 bits per heavy atom. The van der Waals surface area contributed by atoms with Crippen molar-refractivity contribution in [2.24, 2.45) is 0 Å². The van der Waals surface area contributed by atoms with E-state index in [-0.39, 0.29) is 25.0 Å². The molecule has 0 saturated heterocycles. The number of nitrogens with one attached hydrogen (secondary N) is 1. The quantitative estimate of drug-likeness (QED) is 0.888. The van der Waals surface area contributed by atoms with Crippen LogP contribution in [-0.4, -0.2) is 36.9 Å². The number of nitrogens with zero attached hydrogens (tertiary/aromatic N) is 1. The van der Waals surface area contributed by atoms with Gasteiger partial charge in [0.1, 0.15) is 5.75 Å². The maximum atomic E-state index is 12.0. The van der Waals surface area contributed by atoms with Crippen LogP contribution in [0.5, 0.6) is 5.75 Å². The van der Waals surface area contributed by atoms with Crippen LogP contribution in [-0.2, 0) is 9.59 Å². The third-order valence-electron chi connectivity index (χ3n) is 3.53. The molecule has 0 atom stereocenters. The molecule has 0 aliphatic rings. The third kappa shape index (κ3) is 5.43. The van der Waals surface area contributed by atoms with Crippen LogP contribution in [0.1, 0.15) is 11.1 Å². The fourth-order valence-electron chi connectivity index (χ4n) is 2.03. The van der Waals surface area contributed by atoms with Crippen molar-refractivity contribution in [3.63, 3.8) is 0 Å². The molecule has 0 bridgehead atoms. The lowest BCUT2D eigenvalue weighted by Crippen LogP contribution is -2.37. The standard InChI is InChI=1S/C19H22N2O3/c1-14-4-8-16(9-5-14)20-18(22)12-21(3)19(23)13-24-17-10-6-15(2)7-11-17/h4-11H,12-13H2,1-3H3,(H,20,22). The number of hydrogen-bond acceptors (Lipinski definition) is 3. The SMILES string of the molecule is Cc1ccc(NC(=O)CN(C)C(=O)COc2ccc(C)cc2)cc1. The van der Waals surface area contributed by atoms with E-state index >= 15 is 0 Å². The lowest BCUT2D eigenvalue weighted by Gasteiger charge is -2.17. The second-order valence-corrected chi connectivity index (χ2v) is 5.77. The van der Waals surface area contributed by atoms with E-state index in [0.717, 1.165) is 11.1 Å². The summed E-state index contributed by atoms with van der Waals surface area (Å²) in [4.78, 5) is 25.4. The predicted octanol–water partition coefficient (Wildman–Crippen LogP) is 2.78. The van der Waals surface area contributed by atoms with Crippen molar-refractivity contribution >= 4 is 17.5 Å². The molecule has 0 fully saturated rings. The molecule has 0 radical (unpaired) electrons. The average molecular weight is 326 g/mol. The van der Waals surface area contributed by atoms with Gasteiger partial charge >= 0.3 is 0 Å². The van der Waals surface area contributed by atoms with Crippen molar-refractivity contribution in [3.05, 3.63) is 59.7 Å². The second kappa shape index (κ2) is 8.15. The summed E-state index contributed by atoms with van der Waals surface area (Å²) in [6.07, 6.45) is 0. The van der Waals surface area contributed by atoms with Gasteiger partial charge in [-0.25, -0.2) is 0 Å². The van der Waals surface area contributed by atoms with Crippen LogP contribution in [0.4, 0.5) is 5.69 Å². The Labute approximate surface area is 142 Å². The number of carbonyl (C=O) groups excluding carboxylic acids is 2. The molecule has 2 aromatic rings. The first-order valence-electron chi connectivity index (χ1n) is 7.74. The van der Waals surface area contributed by atoms with Crippen molar-refractivity contribution < 1.29 is 14.3 Å². The Hall–Kier alpha value is -2.82. The van der Waals surface area contributed by atoms with Crippen LogP contribution in [0.3, 0.4) is 0 Å². The molecule has 5 nitrogen and oxygen atoms in total. The first-order valence-corrected chi connectivity index (χ1v) is 7.74. The molecular weight excluding hydrogens is 304 g/mol. The Balaban J connectivity index is 1.78. The number of benzene rings is 2. The highest BCUT2D eigenvalue weighted by Crippen LogP contribution is 2.11. The number of ether oxygens (including phenoxy) is 1. The summed E-state index contributed by atoms with van der Waals surface area (Å²) in [5, 5.41) is 2.76. The molecule has 2 amide bonds. The van der Waals surface area contributed by atoms with Crippen LogP contribution in [0, 0.1) is 13.8 Å². The molecule has 0 spiro atoms. The highest BCUT2D eigenvalue weighted by molar-refractivity contribution is 5.94. The predicted molar refractivity (Wildman–Crippen MR) is 94.1 cm³/mol. The van der Waals surface area contributed by atoms with Crippen LogP contribution in [0.2, 0.25) is 0 Å². The fourth-order valence-corrected chi connectivity index (χ4v) is 2.03. The molecule has 5 heteroatoms.